The summed E-state index contributed by atoms with van der Waals surface area (Å²) < 4.78 is 64.4. The maximum atomic E-state index is 12.7. The van der Waals surface area contributed by atoms with Crippen molar-refractivity contribution in [3.05, 3.63) is 11.6 Å². The highest BCUT2D eigenvalue weighted by molar-refractivity contribution is 7.94. The van der Waals surface area contributed by atoms with E-state index in [9.17, 15) is 21.9 Å². The minimum Gasteiger partial charge on any atom is -0.481 e. The van der Waals surface area contributed by atoms with Crippen molar-refractivity contribution in [2.45, 2.75) is 34.8 Å². The number of ether oxygens (including phenoxy) is 2. The van der Waals surface area contributed by atoms with Crippen molar-refractivity contribution in [1.82, 2.24) is 4.31 Å². The summed E-state index contributed by atoms with van der Waals surface area (Å²) in [5, 5.41) is 10.3. The molecule has 1 aliphatic rings. The van der Waals surface area contributed by atoms with Crippen molar-refractivity contribution in [1.29, 1.82) is 0 Å². The second-order valence-corrected chi connectivity index (χ2v) is 10.6. The lowest BCUT2D eigenvalue weighted by molar-refractivity contribution is 0.131. The SMILES string of the molecule is CCOC(C)=NS(=O)(=O)c1cc2c(s1)S(=O)(=O)N(CCCOC)C[C@@H]2O. The molecule has 0 amide bonds. The summed E-state index contributed by atoms with van der Waals surface area (Å²) in [7, 11) is -6.49. The number of rotatable bonds is 7. The molecule has 0 fully saturated rings. The number of sulfonamides is 2. The quantitative estimate of drug-likeness (QED) is 0.391. The van der Waals surface area contributed by atoms with Crippen LogP contribution in [0.25, 0.3) is 0 Å². The zero-order chi connectivity index (χ0) is 19.5. The Labute approximate surface area is 157 Å². The van der Waals surface area contributed by atoms with Gasteiger partial charge in [0.15, 0.2) is 5.90 Å². The zero-order valence-electron chi connectivity index (χ0n) is 14.7. The van der Waals surface area contributed by atoms with E-state index in [4.69, 9.17) is 9.47 Å². The predicted octanol–water partition coefficient (Wildman–Crippen LogP) is 0.966. The fourth-order valence-corrected chi connectivity index (χ4v) is 7.30. The largest absolute Gasteiger partial charge is 0.481 e. The molecule has 2 rings (SSSR count). The zero-order valence-corrected chi connectivity index (χ0v) is 17.2. The molecular formula is C14H22N2O7S3. The molecule has 2 heterocycles. The van der Waals surface area contributed by atoms with Crippen molar-refractivity contribution in [3.8, 4) is 0 Å². The van der Waals surface area contributed by atoms with Crippen LogP contribution < -0.4 is 0 Å². The molecule has 12 heteroatoms. The molecule has 0 saturated carbocycles. The summed E-state index contributed by atoms with van der Waals surface area (Å²) in [6, 6.07) is 1.17. The molecule has 0 radical (unpaired) electrons. The molecule has 1 aliphatic heterocycles. The minimum absolute atomic E-state index is 0.0385. The number of thiophene rings is 1. The van der Waals surface area contributed by atoms with Gasteiger partial charge in [-0.25, -0.2) is 8.42 Å². The van der Waals surface area contributed by atoms with E-state index in [2.05, 4.69) is 4.40 Å². The normalized spacial score (nSPS) is 20.8. The van der Waals surface area contributed by atoms with E-state index in [0.717, 1.165) is 4.31 Å². The van der Waals surface area contributed by atoms with E-state index in [1.807, 2.05) is 0 Å². The molecule has 0 unspecified atom stereocenters. The van der Waals surface area contributed by atoms with E-state index in [-0.39, 0.29) is 39.6 Å². The maximum absolute atomic E-state index is 12.7. The Kier molecular flexibility index (Phi) is 6.80. The summed E-state index contributed by atoms with van der Waals surface area (Å²) in [6.07, 6.45) is -0.639. The van der Waals surface area contributed by atoms with E-state index in [1.165, 1.54) is 20.1 Å². The molecule has 26 heavy (non-hydrogen) atoms. The lowest BCUT2D eigenvalue weighted by atomic mass is 10.2. The standard InChI is InChI=1S/C14H22N2O7S3/c1-4-23-10(2)15-25(18,19)13-8-11-12(17)9-16(6-5-7-22-3)26(20,21)14(11)24-13/h8,12,17H,4-7,9H2,1-3H3/t12-/m0/s1. The first-order valence-corrected chi connectivity index (χ1v) is 11.6. The van der Waals surface area contributed by atoms with Crippen LogP contribution in [-0.4, -0.2) is 65.6 Å². The molecule has 1 N–H and O–H groups in total. The Hall–Kier alpha value is -1.05. The Balaban J connectivity index is 2.40. The van der Waals surface area contributed by atoms with Gasteiger partial charge in [0.25, 0.3) is 20.0 Å². The van der Waals surface area contributed by atoms with Crippen LogP contribution >= 0.6 is 11.3 Å². The van der Waals surface area contributed by atoms with Gasteiger partial charge in [-0.3, -0.25) is 0 Å². The third-order valence-corrected chi connectivity index (χ3v) is 8.97. The maximum Gasteiger partial charge on any atom is 0.294 e. The van der Waals surface area contributed by atoms with Crippen LogP contribution in [0, 0.1) is 0 Å². The second kappa shape index (κ2) is 8.31. The van der Waals surface area contributed by atoms with Gasteiger partial charge < -0.3 is 14.6 Å². The number of aliphatic hydroxyl groups is 1. The van der Waals surface area contributed by atoms with Gasteiger partial charge in [-0.05, 0) is 19.4 Å². The van der Waals surface area contributed by atoms with Crippen LogP contribution in [-0.2, 0) is 29.5 Å². The number of methoxy groups -OCH3 is 1. The summed E-state index contributed by atoms with van der Waals surface area (Å²) in [4.78, 5) is 0. The number of aliphatic hydroxyl groups excluding tert-OH is 1. The molecule has 9 nitrogen and oxygen atoms in total. The first kappa shape index (κ1) is 21.3. The number of fused-ring (bicyclic) bond motifs is 1. The molecular weight excluding hydrogens is 404 g/mol. The molecule has 1 aromatic rings. The van der Waals surface area contributed by atoms with Gasteiger partial charge in [-0.15, -0.1) is 15.7 Å². The van der Waals surface area contributed by atoms with Crippen molar-refractivity contribution >= 4 is 37.3 Å². The first-order chi connectivity index (χ1) is 12.1. The van der Waals surface area contributed by atoms with Crippen LogP contribution in [0.1, 0.15) is 31.9 Å². The Morgan fingerprint density at radius 2 is 2.19 bits per heavy atom. The van der Waals surface area contributed by atoms with Crippen LogP contribution in [0.15, 0.2) is 18.9 Å². The van der Waals surface area contributed by atoms with Gasteiger partial charge in [0.2, 0.25) is 0 Å². The van der Waals surface area contributed by atoms with Gasteiger partial charge >= 0.3 is 0 Å². The van der Waals surface area contributed by atoms with Gasteiger partial charge in [-0.2, -0.15) is 12.7 Å². The molecule has 148 valence electrons. The summed E-state index contributed by atoms with van der Waals surface area (Å²) in [5.74, 6) is -0.0385. The molecule has 0 aromatic carbocycles. The number of hydrogen-bond donors (Lipinski definition) is 1. The molecule has 0 bridgehead atoms. The highest BCUT2D eigenvalue weighted by Crippen LogP contribution is 2.40. The molecule has 1 aromatic heterocycles. The molecule has 0 aliphatic carbocycles. The Bertz CT molecular complexity index is 874. The van der Waals surface area contributed by atoms with E-state index in [1.54, 1.807) is 6.92 Å². The lowest BCUT2D eigenvalue weighted by Crippen LogP contribution is -2.39. The van der Waals surface area contributed by atoms with E-state index in [0.29, 0.717) is 24.4 Å². The number of hydrogen-bond acceptors (Lipinski definition) is 8. The minimum atomic E-state index is -4.12. The van der Waals surface area contributed by atoms with E-state index >= 15 is 0 Å². The highest BCUT2D eigenvalue weighted by atomic mass is 32.3. The number of β-amino-alcohol motifs (C(OH)–C–C–N with tert-alkyl or cyclic N) is 1. The van der Waals surface area contributed by atoms with Gasteiger partial charge in [0.1, 0.15) is 8.42 Å². The first-order valence-electron chi connectivity index (χ1n) is 7.88. The fraction of sp³-hybridized carbons (Fsp3) is 0.643. The van der Waals surface area contributed by atoms with Crippen molar-refractivity contribution in [3.63, 3.8) is 0 Å². The van der Waals surface area contributed by atoms with Crippen molar-refractivity contribution in [2.24, 2.45) is 4.40 Å². The van der Waals surface area contributed by atoms with Crippen LogP contribution in [0.2, 0.25) is 0 Å². The average molecular weight is 427 g/mol. The van der Waals surface area contributed by atoms with Crippen LogP contribution in [0.4, 0.5) is 0 Å². The third kappa shape index (κ3) is 4.43. The topological polar surface area (TPSA) is 123 Å². The Morgan fingerprint density at radius 3 is 2.81 bits per heavy atom. The molecule has 0 saturated heterocycles. The summed E-state index contributed by atoms with van der Waals surface area (Å²) in [5.41, 5.74) is 0.0841. The lowest BCUT2D eigenvalue weighted by Gasteiger charge is -2.29. The van der Waals surface area contributed by atoms with Crippen LogP contribution in [0.3, 0.4) is 0 Å². The highest BCUT2D eigenvalue weighted by Gasteiger charge is 2.39. The molecule has 1 atom stereocenters. The monoisotopic (exact) mass is 426 g/mol. The predicted molar refractivity (Wildman–Crippen MR) is 96.5 cm³/mol. The van der Waals surface area contributed by atoms with Crippen LogP contribution in [0.5, 0.6) is 0 Å². The summed E-state index contributed by atoms with van der Waals surface area (Å²) in [6.45, 7) is 3.78. The van der Waals surface area contributed by atoms with Gasteiger partial charge in [0, 0.05) is 39.3 Å². The summed E-state index contributed by atoms with van der Waals surface area (Å²) >= 11 is 0.585. The fourth-order valence-electron chi connectivity index (χ4n) is 2.48. The number of nitrogens with zero attached hydrogens (tertiary/aromatic N) is 2. The second-order valence-electron chi connectivity index (χ2n) is 5.55. The third-order valence-electron chi connectivity index (χ3n) is 3.62. The van der Waals surface area contributed by atoms with Crippen molar-refractivity contribution in [2.75, 3.05) is 33.4 Å². The smallest absolute Gasteiger partial charge is 0.294 e. The van der Waals surface area contributed by atoms with E-state index < -0.39 is 26.2 Å². The van der Waals surface area contributed by atoms with Crippen molar-refractivity contribution < 1.29 is 31.4 Å². The molecule has 0 spiro atoms. The van der Waals surface area contributed by atoms with Gasteiger partial charge in [0.05, 0.1) is 12.7 Å². The average Bonchev–Trinajstić information content (AvgIpc) is 3.00. The Morgan fingerprint density at radius 1 is 1.50 bits per heavy atom. The van der Waals surface area contributed by atoms with Gasteiger partial charge in [-0.1, -0.05) is 0 Å².